The van der Waals surface area contributed by atoms with E-state index in [1.54, 1.807) is 16.4 Å². The quantitative estimate of drug-likeness (QED) is 0.672. The van der Waals surface area contributed by atoms with Gasteiger partial charge in [0.15, 0.2) is 0 Å². The van der Waals surface area contributed by atoms with Gasteiger partial charge in [-0.2, -0.15) is 4.31 Å². The highest BCUT2D eigenvalue weighted by molar-refractivity contribution is 7.89. The number of carbonyl (C=O) groups excluding carboxylic acids is 1. The first-order chi connectivity index (χ1) is 16.3. The maximum Gasteiger partial charge on any atom is 0.248 e. The van der Waals surface area contributed by atoms with Gasteiger partial charge in [-0.05, 0) is 73.1 Å². The number of rotatable bonds is 4. The molecule has 34 heavy (non-hydrogen) atoms. The number of hydrogen-bond acceptors (Lipinski definition) is 5. The van der Waals surface area contributed by atoms with Gasteiger partial charge in [0.05, 0.1) is 17.0 Å². The summed E-state index contributed by atoms with van der Waals surface area (Å²) in [6, 6.07) is 14.1. The van der Waals surface area contributed by atoms with Gasteiger partial charge in [0, 0.05) is 38.4 Å². The van der Waals surface area contributed by atoms with Crippen LogP contribution in [0.3, 0.4) is 0 Å². The maximum absolute atomic E-state index is 13.3. The Morgan fingerprint density at radius 1 is 0.971 bits per heavy atom. The maximum atomic E-state index is 13.3. The van der Waals surface area contributed by atoms with Gasteiger partial charge in [-0.1, -0.05) is 18.2 Å². The van der Waals surface area contributed by atoms with Crippen molar-refractivity contribution in [3.8, 4) is 11.1 Å². The third-order valence-corrected chi connectivity index (χ3v) is 9.85. The molecule has 2 aromatic carbocycles. The summed E-state index contributed by atoms with van der Waals surface area (Å²) in [5.74, 6) is 0.0682. The Labute approximate surface area is 201 Å². The molecule has 0 aromatic heterocycles. The Bertz CT molecular complexity index is 1220. The van der Waals surface area contributed by atoms with Crippen molar-refractivity contribution < 1.29 is 17.9 Å². The van der Waals surface area contributed by atoms with Crippen molar-refractivity contribution in [3.05, 3.63) is 48.0 Å². The summed E-state index contributed by atoms with van der Waals surface area (Å²) in [5, 5.41) is 0. The van der Waals surface area contributed by atoms with E-state index in [9.17, 15) is 13.2 Å². The van der Waals surface area contributed by atoms with Crippen LogP contribution in [0.5, 0.6) is 0 Å². The second-order valence-electron chi connectivity index (χ2n) is 10.2. The van der Waals surface area contributed by atoms with Gasteiger partial charge in [0.1, 0.15) is 6.61 Å². The molecular formula is C26H31N3O4S. The Balaban J connectivity index is 1.15. The fourth-order valence-corrected chi connectivity index (χ4v) is 7.05. The van der Waals surface area contributed by atoms with E-state index in [4.69, 9.17) is 4.74 Å². The second kappa shape index (κ2) is 8.07. The number of morpholine rings is 1. The van der Waals surface area contributed by atoms with E-state index in [1.165, 1.54) is 11.3 Å². The topological polar surface area (TPSA) is 70.2 Å². The Morgan fingerprint density at radius 3 is 2.38 bits per heavy atom. The van der Waals surface area contributed by atoms with E-state index in [1.807, 2.05) is 17.0 Å². The lowest BCUT2D eigenvalue weighted by Gasteiger charge is -2.46. The highest BCUT2D eigenvalue weighted by Gasteiger charge is 2.47. The molecule has 1 spiro atoms. The molecule has 3 aliphatic heterocycles. The van der Waals surface area contributed by atoms with Crippen molar-refractivity contribution in [2.24, 2.45) is 0 Å². The fraction of sp³-hybridized carbons (Fsp3) is 0.500. The molecule has 4 aliphatic rings. The molecule has 180 valence electrons. The number of anilines is 1. The Hall–Kier alpha value is -2.42. The van der Waals surface area contributed by atoms with Crippen molar-refractivity contribution >= 4 is 21.6 Å². The molecule has 0 radical (unpaired) electrons. The second-order valence-corrected chi connectivity index (χ2v) is 12.1. The van der Waals surface area contributed by atoms with Crippen LogP contribution < -0.4 is 4.90 Å². The van der Waals surface area contributed by atoms with Gasteiger partial charge in [-0.25, -0.2) is 8.42 Å². The lowest BCUT2D eigenvalue weighted by Crippen LogP contribution is -2.59. The molecule has 8 heteroatoms. The van der Waals surface area contributed by atoms with Gasteiger partial charge in [0.25, 0.3) is 0 Å². The first-order valence-electron chi connectivity index (χ1n) is 12.2. The lowest BCUT2D eigenvalue weighted by molar-refractivity contribution is -0.170. The third-order valence-electron chi connectivity index (χ3n) is 7.93. The molecule has 1 amide bonds. The molecular weight excluding hydrogens is 450 g/mol. The first-order valence-corrected chi connectivity index (χ1v) is 13.7. The van der Waals surface area contributed by atoms with E-state index >= 15 is 0 Å². The zero-order valence-corrected chi connectivity index (χ0v) is 20.4. The monoisotopic (exact) mass is 481 g/mol. The van der Waals surface area contributed by atoms with Gasteiger partial charge in [-0.15, -0.1) is 0 Å². The molecule has 3 fully saturated rings. The summed E-state index contributed by atoms with van der Waals surface area (Å²) in [5.41, 5.74) is 4.34. The Kier molecular flexibility index (Phi) is 5.24. The van der Waals surface area contributed by atoms with E-state index in [0.29, 0.717) is 43.4 Å². The molecule has 2 saturated heterocycles. The number of nitrogens with zero attached hydrogens (tertiary/aromatic N) is 3. The predicted molar refractivity (Wildman–Crippen MR) is 130 cm³/mol. The number of sulfonamides is 1. The summed E-state index contributed by atoms with van der Waals surface area (Å²) in [6.45, 7) is 2.57. The molecule has 2 aromatic rings. The minimum absolute atomic E-state index is 0.0682. The van der Waals surface area contributed by atoms with E-state index in [0.717, 1.165) is 36.9 Å². The molecule has 3 heterocycles. The minimum atomic E-state index is -3.57. The predicted octanol–water partition coefficient (Wildman–Crippen LogP) is 2.89. The molecule has 0 unspecified atom stereocenters. The fourth-order valence-electron chi connectivity index (χ4n) is 5.61. The van der Waals surface area contributed by atoms with Gasteiger partial charge >= 0.3 is 0 Å². The standard InChI is InChI=1S/C26H31N3O4S/c1-27-13-10-21-16-20(4-9-24(21)27)19-2-7-23(8-3-19)34(31,32)28-14-11-26(12-15-28)18-29(22-5-6-22)25(30)17-33-26/h2-4,7-9,16,22H,5-6,10-15,17-18H2,1H3. The van der Waals surface area contributed by atoms with Crippen LogP contribution in [-0.4, -0.2) is 75.0 Å². The first kappa shape index (κ1) is 22.1. The number of carbonyl (C=O) groups is 1. The van der Waals surface area contributed by atoms with Crippen LogP contribution in [0.15, 0.2) is 47.4 Å². The number of likely N-dealkylation sites (N-methyl/N-ethyl adjacent to an activating group) is 1. The molecule has 0 atom stereocenters. The van der Waals surface area contributed by atoms with Crippen LogP contribution in [0.1, 0.15) is 31.2 Å². The lowest BCUT2D eigenvalue weighted by atomic mass is 9.90. The smallest absolute Gasteiger partial charge is 0.248 e. The van der Waals surface area contributed by atoms with Crippen LogP contribution in [0.2, 0.25) is 0 Å². The molecule has 1 saturated carbocycles. The van der Waals surface area contributed by atoms with Crippen molar-refractivity contribution in [1.82, 2.24) is 9.21 Å². The SMILES string of the molecule is CN1CCc2cc(-c3ccc(S(=O)(=O)N4CCC5(CC4)CN(C4CC4)C(=O)CO5)cc3)ccc21. The average Bonchev–Trinajstić information content (AvgIpc) is 3.64. The van der Waals surface area contributed by atoms with Gasteiger partial charge in [-0.3, -0.25) is 4.79 Å². The zero-order valence-electron chi connectivity index (χ0n) is 19.6. The Morgan fingerprint density at radius 2 is 1.68 bits per heavy atom. The van der Waals surface area contributed by atoms with Crippen LogP contribution >= 0.6 is 0 Å². The van der Waals surface area contributed by atoms with Crippen molar-refractivity contribution in [3.63, 3.8) is 0 Å². The number of fused-ring (bicyclic) bond motifs is 1. The average molecular weight is 482 g/mol. The van der Waals surface area contributed by atoms with Crippen LogP contribution in [0.4, 0.5) is 5.69 Å². The normalized spacial score (nSPS) is 22.9. The summed E-state index contributed by atoms with van der Waals surface area (Å²) in [4.78, 5) is 16.8. The third kappa shape index (κ3) is 3.82. The number of piperidine rings is 1. The van der Waals surface area contributed by atoms with Crippen LogP contribution in [-0.2, 0) is 26.0 Å². The van der Waals surface area contributed by atoms with E-state index in [2.05, 4.69) is 30.1 Å². The summed E-state index contributed by atoms with van der Waals surface area (Å²) in [6.07, 6.45) is 4.41. The van der Waals surface area contributed by atoms with Crippen molar-refractivity contribution in [2.75, 3.05) is 44.7 Å². The number of hydrogen-bond donors (Lipinski definition) is 0. The molecule has 0 bridgehead atoms. The van der Waals surface area contributed by atoms with E-state index < -0.39 is 15.6 Å². The zero-order chi connectivity index (χ0) is 23.5. The van der Waals surface area contributed by atoms with Crippen molar-refractivity contribution in [2.45, 2.75) is 48.6 Å². The number of amides is 1. The molecule has 7 nitrogen and oxygen atoms in total. The highest BCUT2D eigenvalue weighted by Crippen LogP contribution is 2.37. The minimum Gasteiger partial charge on any atom is -0.374 e. The molecule has 6 rings (SSSR count). The van der Waals surface area contributed by atoms with Gasteiger partial charge < -0.3 is 14.5 Å². The summed E-state index contributed by atoms with van der Waals surface area (Å²) in [7, 11) is -1.46. The molecule has 0 N–H and O–H groups in total. The van der Waals surface area contributed by atoms with Crippen molar-refractivity contribution in [1.29, 1.82) is 0 Å². The highest BCUT2D eigenvalue weighted by atomic mass is 32.2. The van der Waals surface area contributed by atoms with Crippen LogP contribution in [0.25, 0.3) is 11.1 Å². The molecule has 1 aliphatic carbocycles. The summed E-state index contributed by atoms with van der Waals surface area (Å²) >= 11 is 0. The number of benzene rings is 2. The van der Waals surface area contributed by atoms with Crippen LogP contribution in [0, 0.1) is 0 Å². The van der Waals surface area contributed by atoms with Gasteiger partial charge in [0.2, 0.25) is 15.9 Å². The summed E-state index contributed by atoms with van der Waals surface area (Å²) < 4.78 is 34.2. The largest absolute Gasteiger partial charge is 0.374 e. The number of ether oxygens (including phenoxy) is 1. The van der Waals surface area contributed by atoms with E-state index in [-0.39, 0.29) is 12.5 Å².